The van der Waals surface area contributed by atoms with Crippen LogP contribution in [0.1, 0.15) is 26.3 Å². The summed E-state index contributed by atoms with van der Waals surface area (Å²) in [5.74, 6) is 0.636. The molecule has 1 aromatic heterocycles. The van der Waals surface area contributed by atoms with Crippen LogP contribution in [0.2, 0.25) is 0 Å². The average Bonchev–Trinajstić information content (AvgIpc) is 2.81. The average molecular weight is 266 g/mol. The lowest BCUT2D eigenvalue weighted by atomic mass is 9.86. The van der Waals surface area contributed by atoms with Crippen molar-refractivity contribution in [2.45, 2.75) is 26.2 Å². The highest BCUT2D eigenvalue weighted by Gasteiger charge is 2.20. The molecule has 0 aliphatic heterocycles. The highest BCUT2D eigenvalue weighted by Crippen LogP contribution is 2.33. The van der Waals surface area contributed by atoms with Gasteiger partial charge in [-0.1, -0.05) is 32.9 Å². The Balaban J connectivity index is 2.18. The quantitative estimate of drug-likeness (QED) is 0.665. The first-order chi connectivity index (χ1) is 9.45. The van der Waals surface area contributed by atoms with E-state index >= 15 is 0 Å². The highest BCUT2D eigenvalue weighted by molar-refractivity contribution is 5.80. The van der Waals surface area contributed by atoms with Crippen LogP contribution in [0.4, 0.5) is 5.69 Å². The van der Waals surface area contributed by atoms with Crippen LogP contribution in [-0.2, 0) is 5.41 Å². The summed E-state index contributed by atoms with van der Waals surface area (Å²) in [5, 5.41) is 0. The second-order valence-corrected chi connectivity index (χ2v) is 6.04. The molecule has 0 amide bonds. The predicted molar refractivity (Wildman–Crippen MR) is 82.6 cm³/mol. The third-order valence-corrected chi connectivity index (χ3v) is 3.38. The van der Waals surface area contributed by atoms with Gasteiger partial charge in [-0.15, -0.1) is 0 Å². The second-order valence-electron chi connectivity index (χ2n) is 6.04. The van der Waals surface area contributed by atoms with Gasteiger partial charge in [0.1, 0.15) is 5.52 Å². The number of para-hydroxylation sites is 1. The van der Waals surface area contributed by atoms with Crippen LogP contribution in [0.3, 0.4) is 0 Å². The van der Waals surface area contributed by atoms with E-state index in [9.17, 15) is 0 Å². The van der Waals surface area contributed by atoms with Gasteiger partial charge in [0, 0.05) is 16.8 Å². The molecular weight excluding hydrogens is 248 g/mol. The zero-order chi connectivity index (χ0) is 14.3. The van der Waals surface area contributed by atoms with Crippen LogP contribution in [-0.4, -0.2) is 4.98 Å². The molecule has 0 spiro atoms. The Hall–Kier alpha value is -2.29. The number of nitrogens with two attached hydrogens (primary N) is 1. The maximum Gasteiger partial charge on any atom is 0.227 e. The van der Waals surface area contributed by atoms with E-state index in [4.69, 9.17) is 10.2 Å². The molecule has 0 aliphatic rings. The number of nitrogen functional groups attached to an aromatic ring is 1. The van der Waals surface area contributed by atoms with Crippen LogP contribution in [0.15, 0.2) is 46.9 Å². The van der Waals surface area contributed by atoms with Gasteiger partial charge in [-0.05, 0) is 35.7 Å². The van der Waals surface area contributed by atoms with Crippen LogP contribution in [0.5, 0.6) is 0 Å². The van der Waals surface area contributed by atoms with E-state index in [1.165, 1.54) is 5.56 Å². The number of nitrogens with zero attached hydrogens (tertiary/aromatic N) is 1. The summed E-state index contributed by atoms with van der Waals surface area (Å²) in [6.45, 7) is 6.52. The number of hydrogen-bond acceptors (Lipinski definition) is 3. The molecule has 2 aromatic carbocycles. The highest BCUT2D eigenvalue weighted by atomic mass is 16.3. The van der Waals surface area contributed by atoms with Crippen molar-refractivity contribution in [1.82, 2.24) is 4.98 Å². The van der Waals surface area contributed by atoms with Crippen LogP contribution < -0.4 is 5.73 Å². The van der Waals surface area contributed by atoms with Gasteiger partial charge in [0.15, 0.2) is 5.58 Å². The summed E-state index contributed by atoms with van der Waals surface area (Å²) in [6, 6.07) is 13.7. The van der Waals surface area contributed by atoms with Gasteiger partial charge in [-0.25, -0.2) is 4.98 Å². The van der Waals surface area contributed by atoms with Gasteiger partial charge in [0.05, 0.1) is 0 Å². The van der Waals surface area contributed by atoms with Gasteiger partial charge >= 0.3 is 0 Å². The molecule has 0 radical (unpaired) electrons. The lowest BCUT2D eigenvalue weighted by Gasteiger charge is -2.18. The van der Waals surface area contributed by atoms with E-state index in [0.717, 1.165) is 22.4 Å². The topological polar surface area (TPSA) is 52.0 Å². The Bertz CT molecular complexity index is 749. The fourth-order valence-electron chi connectivity index (χ4n) is 2.29. The van der Waals surface area contributed by atoms with E-state index in [2.05, 4.69) is 31.8 Å². The number of fused-ring (bicyclic) bond motifs is 1. The molecule has 0 saturated carbocycles. The third-order valence-electron chi connectivity index (χ3n) is 3.38. The molecule has 0 atom stereocenters. The van der Waals surface area contributed by atoms with Crippen molar-refractivity contribution in [1.29, 1.82) is 0 Å². The van der Waals surface area contributed by atoms with Crippen molar-refractivity contribution in [3.63, 3.8) is 0 Å². The molecule has 2 N–H and O–H groups in total. The minimum Gasteiger partial charge on any atom is -0.436 e. The second kappa shape index (κ2) is 4.37. The first kappa shape index (κ1) is 12.7. The number of rotatable bonds is 1. The molecule has 0 fully saturated rings. The van der Waals surface area contributed by atoms with E-state index in [-0.39, 0.29) is 5.41 Å². The molecule has 3 nitrogen and oxygen atoms in total. The maximum atomic E-state index is 6.00. The van der Waals surface area contributed by atoms with Gasteiger partial charge in [0.25, 0.3) is 0 Å². The maximum absolute atomic E-state index is 6.00. The van der Waals surface area contributed by atoms with Gasteiger partial charge in [0.2, 0.25) is 5.89 Å². The Morgan fingerprint density at radius 3 is 2.35 bits per heavy atom. The normalized spacial score (nSPS) is 11.9. The zero-order valence-corrected chi connectivity index (χ0v) is 12.0. The van der Waals surface area contributed by atoms with E-state index in [0.29, 0.717) is 5.89 Å². The number of benzene rings is 2. The Labute approximate surface area is 118 Å². The first-order valence-electron chi connectivity index (χ1n) is 6.71. The summed E-state index contributed by atoms with van der Waals surface area (Å²) in [6.07, 6.45) is 0. The standard InChI is InChI=1S/C17H18N2O/c1-17(2,3)13-5-4-6-14-15(13)20-16(19-14)11-7-9-12(18)10-8-11/h4-10H,18H2,1-3H3. The lowest BCUT2D eigenvalue weighted by molar-refractivity contribution is 0.561. The summed E-state index contributed by atoms with van der Waals surface area (Å²) in [4.78, 5) is 4.58. The third kappa shape index (κ3) is 2.16. The van der Waals surface area contributed by atoms with Crippen LogP contribution in [0, 0.1) is 0 Å². The number of oxazole rings is 1. The van der Waals surface area contributed by atoms with Crippen molar-refractivity contribution >= 4 is 16.8 Å². The minimum absolute atomic E-state index is 0.0252. The van der Waals surface area contributed by atoms with Gasteiger partial charge in [-0.3, -0.25) is 0 Å². The molecule has 0 aliphatic carbocycles. The molecule has 3 heteroatoms. The Morgan fingerprint density at radius 1 is 1.00 bits per heavy atom. The molecule has 1 heterocycles. The Morgan fingerprint density at radius 2 is 1.70 bits per heavy atom. The largest absolute Gasteiger partial charge is 0.436 e. The fraction of sp³-hybridized carbons (Fsp3) is 0.235. The molecule has 0 saturated heterocycles. The molecule has 3 rings (SSSR count). The summed E-state index contributed by atoms with van der Waals surface area (Å²) < 4.78 is 6.00. The van der Waals surface area contributed by atoms with Crippen molar-refractivity contribution in [3.8, 4) is 11.5 Å². The zero-order valence-electron chi connectivity index (χ0n) is 12.0. The van der Waals surface area contributed by atoms with Crippen molar-refractivity contribution in [2.75, 3.05) is 5.73 Å². The molecule has 102 valence electrons. The van der Waals surface area contributed by atoms with Gasteiger partial charge in [-0.2, -0.15) is 0 Å². The van der Waals surface area contributed by atoms with E-state index < -0.39 is 0 Å². The summed E-state index contributed by atoms with van der Waals surface area (Å²) in [7, 11) is 0. The van der Waals surface area contributed by atoms with Crippen molar-refractivity contribution in [2.24, 2.45) is 0 Å². The number of hydrogen-bond donors (Lipinski definition) is 1. The predicted octanol–water partition coefficient (Wildman–Crippen LogP) is 4.37. The lowest BCUT2D eigenvalue weighted by Crippen LogP contribution is -2.10. The van der Waals surface area contributed by atoms with Crippen molar-refractivity contribution in [3.05, 3.63) is 48.0 Å². The fourth-order valence-corrected chi connectivity index (χ4v) is 2.29. The smallest absolute Gasteiger partial charge is 0.227 e. The SMILES string of the molecule is CC(C)(C)c1cccc2nc(-c3ccc(N)cc3)oc12. The summed E-state index contributed by atoms with van der Waals surface area (Å²) in [5.41, 5.74) is 10.3. The molecule has 20 heavy (non-hydrogen) atoms. The molecular formula is C17H18N2O. The monoisotopic (exact) mass is 266 g/mol. The van der Waals surface area contributed by atoms with Crippen LogP contribution in [0.25, 0.3) is 22.6 Å². The molecule has 0 unspecified atom stereocenters. The Kier molecular flexibility index (Phi) is 2.78. The van der Waals surface area contributed by atoms with Crippen molar-refractivity contribution < 1.29 is 4.42 Å². The number of anilines is 1. The van der Waals surface area contributed by atoms with E-state index in [1.807, 2.05) is 36.4 Å². The first-order valence-corrected chi connectivity index (χ1v) is 6.71. The number of aromatic nitrogens is 1. The van der Waals surface area contributed by atoms with Gasteiger partial charge < -0.3 is 10.2 Å². The minimum atomic E-state index is 0.0252. The van der Waals surface area contributed by atoms with E-state index in [1.54, 1.807) is 0 Å². The molecule has 3 aromatic rings. The van der Waals surface area contributed by atoms with Crippen LogP contribution >= 0.6 is 0 Å². The molecule has 0 bridgehead atoms. The summed E-state index contributed by atoms with van der Waals surface area (Å²) >= 11 is 0.